The number of hydrogen-bond acceptors (Lipinski definition) is 5. The van der Waals surface area contributed by atoms with Crippen molar-refractivity contribution >= 4 is 17.6 Å². The predicted octanol–water partition coefficient (Wildman–Crippen LogP) is 4.50. The molecule has 0 radical (unpaired) electrons. The molecular weight excluding hydrogens is 322 g/mol. The van der Waals surface area contributed by atoms with Crippen LogP contribution in [0.25, 0.3) is 0 Å². The van der Waals surface area contributed by atoms with Gasteiger partial charge < -0.3 is 10.6 Å². The molecule has 1 heterocycles. The van der Waals surface area contributed by atoms with Gasteiger partial charge in [-0.15, -0.1) is 0 Å². The summed E-state index contributed by atoms with van der Waals surface area (Å²) in [5.41, 5.74) is 5.95. The zero-order chi connectivity index (χ0) is 18.5. The van der Waals surface area contributed by atoms with Gasteiger partial charge in [-0.25, -0.2) is 0 Å². The molecule has 3 aromatic rings. The Hall–Kier alpha value is -2.95. The van der Waals surface area contributed by atoms with E-state index in [0.717, 1.165) is 18.7 Å². The Labute approximate surface area is 154 Å². The molecular formula is C21H25N5. The summed E-state index contributed by atoms with van der Waals surface area (Å²) in [6.07, 6.45) is 0.921. The Bertz CT molecular complexity index is 867. The highest BCUT2D eigenvalue weighted by molar-refractivity contribution is 5.64. The van der Waals surface area contributed by atoms with Crippen LogP contribution in [0.4, 0.5) is 17.6 Å². The minimum absolute atomic E-state index is 0.565. The van der Waals surface area contributed by atoms with E-state index in [1.54, 1.807) is 0 Å². The van der Waals surface area contributed by atoms with Crippen molar-refractivity contribution in [3.8, 4) is 0 Å². The summed E-state index contributed by atoms with van der Waals surface area (Å²) in [6.45, 7) is 8.94. The van der Waals surface area contributed by atoms with Crippen molar-refractivity contribution in [3.05, 3.63) is 70.5 Å². The van der Waals surface area contributed by atoms with Crippen molar-refractivity contribution in [1.29, 1.82) is 0 Å². The lowest BCUT2D eigenvalue weighted by Gasteiger charge is -2.14. The van der Waals surface area contributed by atoms with Crippen molar-refractivity contribution in [2.45, 2.75) is 34.1 Å². The summed E-state index contributed by atoms with van der Waals surface area (Å²) in [6, 6.07) is 14.7. The average molecular weight is 347 g/mol. The van der Waals surface area contributed by atoms with Crippen LogP contribution in [0.3, 0.4) is 0 Å². The van der Waals surface area contributed by atoms with E-state index in [-0.39, 0.29) is 0 Å². The number of aromatic nitrogens is 3. The second-order valence-electron chi connectivity index (χ2n) is 6.59. The van der Waals surface area contributed by atoms with Crippen molar-refractivity contribution in [2.75, 3.05) is 17.2 Å². The minimum Gasteiger partial charge on any atom is -0.354 e. The number of anilines is 3. The molecule has 5 nitrogen and oxygen atoms in total. The Balaban J connectivity index is 1.71. The highest BCUT2D eigenvalue weighted by Gasteiger charge is 2.08. The number of nitrogens with one attached hydrogen (secondary N) is 2. The van der Waals surface area contributed by atoms with E-state index in [1.807, 2.05) is 13.0 Å². The van der Waals surface area contributed by atoms with E-state index >= 15 is 0 Å². The van der Waals surface area contributed by atoms with Gasteiger partial charge in [-0.3, -0.25) is 0 Å². The molecule has 0 bridgehead atoms. The standard InChI is InChI=1S/C21H25N5/c1-14-12-15(2)19(16(3)13-14)25-21-24-17(4)23-20(26-21)22-11-10-18-8-6-5-7-9-18/h5-9,12-13H,10-11H2,1-4H3,(H2,22,23,24,25,26). The maximum absolute atomic E-state index is 4.52. The minimum atomic E-state index is 0.565. The number of rotatable bonds is 6. The first kappa shape index (κ1) is 17.9. The van der Waals surface area contributed by atoms with Crippen LogP contribution in [0.1, 0.15) is 28.1 Å². The Morgan fingerprint density at radius 2 is 1.46 bits per heavy atom. The third kappa shape index (κ3) is 4.57. The molecule has 0 unspecified atom stereocenters. The van der Waals surface area contributed by atoms with E-state index in [2.05, 4.69) is 82.8 Å². The van der Waals surface area contributed by atoms with Crippen LogP contribution < -0.4 is 10.6 Å². The molecule has 3 rings (SSSR count). The van der Waals surface area contributed by atoms with Crippen LogP contribution >= 0.6 is 0 Å². The normalized spacial score (nSPS) is 10.6. The van der Waals surface area contributed by atoms with Crippen LogP contribution in [0.15, 0.2) is 42.5 Å². The summed E-state index contributed by atoms with van der Waals surface area (Å²) in [5, 5.41) is 6.65. The predicted molar refractivity (Wildman–Crippen MR) is 107 cm³/mol. The maximum atomic E-state index is 4.52. The van der Waals surface area contributed by atoms with Crippen molar-refractivity contribution in [2.24, 2.45) is 0 Å². The molecule has 0 amide bonds. The molecule has 1 aromatic heterocycles. The number of benzene rings is 2. The quantitative estimate of drug-likeness (QED) is 0.687. The molecule has 0 spiro atoms. The first-order valence-corrected chi connectivity index (χ1v) is 8.86. The summed E-state index contributed by atoms with van der Waals surface area (Å²) < 4.78 is 0. The first-order valence-electron chi connectivity index (χ1n) is 8.86. The van der Waals surface area contributed by atoms with Gasteiger partial charge in [0.1, 0.15) is 5.82 Å². The molecule has 0 saturated carbocycles. The third-order valence-electron chi connectivity index (χ3n) is 4.20. The smallest absolute Gasteiger partial charge is 0.232 e. The molecule has 5 heteroatoms. The summed E-state index contributed by atoms with van der Waals surface area (Å²) in [5.74, 6) is 1.85. The second kappa shape index (κ2) is 7.95. The van der Waals surface area contributed by atoms with Crippen LogP contribution in [-0.4, -0.2) is 21.5 Å². The molecule has 2 N–H and O–H groups in total. The van der Waals surface area contributed by atoms with Crippen molar-refractivity contribution in [1.82, 2.24) is 15.0 Å². The molecule has 2 aromatic carbocycles. The number of nitrogens with zero attached hydrogens (tertiary/aromatic N) is 3. The fourth-order valence-corrected chi connectivity index (χ4v) is 3.07. The molecule has 134 valence electrons. The van der Waals surface area contributed by atoms with Gasteiger partial charge in [0.05, 0.1) is 0 Å². The van der Waals surface area contributed by atoms with E-state index in [4.69, 9.17) is 0 Å². The lowest BCUT2D eigenvalue weighted by Crippen LogP contribution is -2.11. The third-order valence-corrected chi connectivity index (χ3v) is 4.20. The maximum Gasteiger partial charge on any atom is 0.232 e. The zero-order valence-electron chi connectivity index (χ0n) is 15.8. The van der Waals surface area contributed by atoms with E-state index in [9.17, 15) is 0 Å². The lowest BCUT2D eigenvalue weighted by atomic mass is 10.1. The SMILES string of the molecule is Cc1cc(C)c(Nc2nc(C)nc(NCCc3ccccc3)n2)c(C)c1. The van der Waals surface area contributed by atoms with Crippen molar-refractivity contribution < 1.29 is 0 Å². The van der Waals surface area contributed by atoms with E-state index in [1.165, 1.54) is 22.3 Å². The van der Waals surface area contributed by atoms with Gasteiger partial charge in [-0.2, -0.15) is 15.0 Å². The van der Waals surface area contributed by atoms with Gasteiger partial charge in [-0.05, 0) is 50.8 Å². The fraction of sp³-hybridized carbons (Fsp3) is 0.286. The van der Waals surface area contributed by atoms with Gasteiger partial charge in [0.2, 0.25) is 11.9 Å². The molecule has 0 saturated heterocycles. The van der Waals surface area contributed by atoms with E-state index in [0.29, 0.717) is 17.7 Å². The Kier molecular flexibility index (Phi) is 5.46. The summed E-state index contributed by atoms with van der Waals surface area (Å²) >= 11 is 0. The Morgan fingerprint density at radius 1 is 0.808 bits per heavy atom. The van der Waals surface area contributed by atoms with Gasteiger partial charge in [0.15, 0.2) is 0 Å². The summed E-state index contributed by atoms with van der Waals surface area (Å²) in [7, 11) is 0. The molecule has 26 heavy (non-hydrogen) atoms. The highest BCUT2D eigenvalue weighted by atomic mass is 15.2. The van der Waals surface area contributed by atoms with Gasteiger partial charge >= 0.3 is 0 Å². The molecule has 0 aliphatic rings. The van der Waals surface area contributed by atoms with Crippen LogP contribution in [0, 0.1) is 27.7 Å². The van der Waals surface area contributed by atoms with Crippen LogP contribution in [0.5, 0.6) is 0 Å². The largest absolute Gasteiger partial charge is 0.354 e. The summed E-state index contributed by atoms with van der Waals surface area (Å²) in [4.78, 5) is 13.3. The van der Waals surface area contributed by atoms with E-state index < -0.39 is 0 Å². The van der Waals surface area contributed by atoms with Crippen LogP contribution in [-0.2, 0) is 6.42 Å². The Morgan fingerprint density at radius 3 is 2.15 bits per heavy atom. The average Bonchev–Trinajstić information content (AvgIpc) is 2.59. The number of hydrogen-bond donors (Lipinski definition) is 2. The monoisotopic (exact) mass is 347 g/mol. The molecule has 0 aliphatic heterocycles. The molecule has 0 fully saturated rings. The molecule has 0 aliphatic carbocycles. The fourth-order valence-electron chi connectivity index (χ4n) is 3.07. The van der Waals surface area contributed by atoms with Gasteiger partial charge in [-0.1, -0.05) is 48.0 Å². The van der Waals surface area contributed by atoms with Crippen LogP contribution in [0.2, 0.25) is 0 Å². The topological polar surface area (TPSA) is 62.7 Å². The first-order chi connectivity index (χ1) is 12.5. The second-order valence-corrected chi connectivity index (χ2v) is 6.59. The zero-order valence-corrected chi connectivity index (χ0v) is 15.8. The van der Waals surface area contributed by atoms with Gasteiger partial charge in [0, 0.05) is 12.2 Å². The lowest BCUT2D eigenvalue weighted by molar-refractivity contribution is 0.937. The van der Waals surface area contributed by atoms with Gasteiger partial charge in [0.25, 0.3) is 0 Å². The highest BCUT2D eigenvalue weighted by Crippen LogP contribution is 2.24. The number of aryl methyl sites for hydroxylation is 4. The molecule has 0 atom stereocenters. The van der Waals surface area contributed by atoms with Crippen molar-refractivity contribution in [3.63, 3.8) is 0 Å².